The molecule has 0 amide bonds. The topological polar surface area (TPSA) is 77.0 Å². The van der Waals surface area contributed by atoms with Gasteiger partial charge in [-0.25, -0.2) is 9.98 Å². The number of aryl methyl sites for hydroxylation is 1. The van der Waals surface area contributed by atoms with Gasteiger partial charge >= 0.3 is 0 Å². The lowest BCUT2D eigenvalue weighted by Gasteiger charge is -2.15. The summed E-state index contributed by atoms with van der Waals surface area (Å²) in [6.45, 7) is 6.11. The van der Waals surface area contributed by atoms with Crippen LogP contribution in [0.25, 0.3) is 0 Å². The lowest BCUT2D eigenvalue weighted by molar-refractivity contribution is 0.322. The normalized spacial score (nSPS) is 10.8. The van der Waals surface area contributed by atoms with Crippen molar-refractivity contribution in [1.29, 1.82) is 0 Å². The molecule has 28 heavy (non-hydrogen) atoms. The molecule has 0 aliphatic carbocycles. The first kappa shape index (κ1) is 24.3. The summed E-state index contributed by atoms with van der Waals surface area (Å²) in [5, 5.41) is 7.73. The molecule has 0 unspecified atom stereocenters. The van der Waals surface area contributed by atoms with Crippen molar-refractivity contribution in [2.24, 2.45) is 4.99 Å². The van der Waals surface area contributed by atoms with E-state index in [-0.39, 0.29) is 24.0 Å². The number of halogens is 1. The van der Waals surface area contributed by atoms with Gasteiger partial charge in [0.15, 0.2) is 17.5 Å². The van der Waals surface area contributed by atoms with Crippen LogP contribution in [0.15, 0.2) is 23.3 Å². The third-order valence-electron chi connectivity index (χ3n) is 3.84. The maximum atomic E-state index is 5.52. The van der Waals surface area contributed by atoms with E-state index in [0.29, 0.717) is 23.8 Å². The fourth-order valence-corrected chi connectivity index (χ4v) is 3.39. The van der Waals surface area contributed by atoms with Crippen LogP contribution < -0.4 is 24.8 Å². The minimum Gasteiger partial charge on any atom is -0.493 e. The van der Waals surface area contributed by atoms with Gasteiger partial charge in [0.25, 0.3) is 0 Å². The van der Waals surface area contributed by atoms with Crippen LogP contribution in [0.1, 0.15) is 22.4 Å². The van der Waals surface area contributed by atoms with Gasteiger partial charge in [-0.3, -0.25) is 0 Å². The molecule has 0 atom stereocenters. The maximum absolute atomic E-state index is 5.52. The van der Waals surface area contributed by atoms with Crippen LogP contribution in [0.3, 0.4) is 0 Å². The van der Waals surface area contributed by atoms with Crippen molar-refractivity contribution in [3.8, 4) is 17.2 Å². The molecule has 0 fully saturated rings. The van der Waals surface area contributed by atoms with E-state index in [2.05, 4.69) is 27.5 Å². The van der Waals surface area contributed by atoms with E-state index < -0.39 is 0 Å². The van der Waals surface area contributed by atoms with Crippen LogP contribution in [0.5, 0.6) is 17.2 Å². The molecule has 9 heteroatoms. The molecule has 0 radical (unpaired) electrons. The number of methoxy groups -OCH3 is 3. The number of aromatic nitrogens is 1. The van der Waals surface area contributed by atoms with E-state index in [1.807, 2.05) is 25.3 Å². The Kier molecular flexibility index (Phi) is 11.0. The van der Waals surface area contributed by atoms with Gasteiger partial charge in [0.1, 0.15) is 0 Å². The Labute approximate surface area is 187 Å². The zero-order valence-corrected chi connectivity index (χ0v) is 20.1. The summed E-state index contributed by atoms with van der Waals surface area (Å²) < 4.78 is 16.3. The highest BCUT2D eigenvalue weighted by Gasteiger charge is 2.15. The molecule has 156 valence electrons. The number of hydrogen-bond donors (Lipinski definition) is 2. The number of ether oxygens (including phenoxy) is 3. The van der Waals surface area contributed by atoms with Crippen molar-refractivity contribution in [3.05, 3.63) is 33.8 Å². The largest absolute Gasteiger partial charge is 0.493 e. The molecule has 0 aliphatic rings. The second-order valence-corrected chi connectivity index (χ2v) is 7.05. The Morgan fingerprint density at radius 1 is 1.11 bits per heavy atom. The first-order valence-electron chi connectivity index (χ1n) is 8.84. The third-order valence-corrected chi connectivity index (χ3v) is 4.81. The molecule has 0 saturated heterocycles. The molecular formula is C19H29IN4O3S. The summed E-state index contributed by atoms with van der Waals surface area (Å²) in [4.78, 5) is 10.3. The van der Waals surface area contributed by atoms with E-state index in [4.69, 9.17) is 14.2 Å². The molecule has 7 nitrogen and oxygen atoms in total. The fourth-order valence-electron chi connectivity index (χ4n) is 2.60. The summed E-state index contributed by atoms with van der Waals surface area (Å²) in [5.41, 5.74) is 0.919. The molecule has 1 heterocycles. The van der Waals surface area contributed by atoms with E-state index in [9.17, 15) is 0 Å². The van der Waals surface area contributed by atoms with Gasteiger partial charge in [-0.1, -0.05) is 0 Å². The standard InChI is InChI=1S/C19H28N4O3S.HI/c1-6-20-19(21-10-9-16-22-11-13(2)27-16)23-12-14-7-8-15(24-3)18(26-5)17(14)25-4;/h7-8,11H,6,9-10,12H2,1-5H3,(H2,20,21,23);1H. The number of hydrogen-bond acceptors (Lipinski definition) is 6. The molecule has 0 spiro atoms. The van der Waals surface area contributed by atoms with Gasteiger partial charge in [-0.15, -0.1) is 35.3 Å². The lowest BCUT2D eigenvalue weighted by Crippen LogP contribution is -2.38. The number of rotatable bonds is 9. The molecule has 0 saturated carbocycles. The van der Waals surface area contributed by atoms with Crippen LogP contribution in [-0.2, 0) is 13.0 Å². The second kappa shape index (κ2) is 12.7. The Bertz CT molecular complexity index is 768. The van der Waals surface area contributed by atoms with Gasteiger partial charge < -0.3 is 24.8 Å². The predicted octanol–water partition coefficient (Wildman–Crippen LogP) is 3.39. The Hall–Kier alpha value is -1.75. The monoisotopic (exact) mass is 520 g/mol. The van der Waals surface area contributed by atoms with Gasteiger partial charge in [-0.05, 0) is 26.0 Å². The predicted molar refractivity (Wildman–Crippen MR) is 125 cm³/mol. The SMILES string of the molecule is CCNC(=NCc1ccc(OC)c(OC)c1OC)NCCc1ncc(C)s1.I. The number of guanidine groups is 1. The molecule has 1 aromatic carbocycles. The first-order valence-corrected chi connectivity index (χ1v) is 9.65. The Balaban J connectivity index is 0.00000392. The number of aliphatic imine (C=N–C) groups is 1. The highest BCUT2D eigenvalue weighted by atomic mass is 127. The molecule has 2 N–H and O–H groups in total. The van der Waals surface area contributed by atoms with Crippen LogP contribution in [0, 0.1) is 6.92 Å². The van der Waals surface area contributed by atoms with Crippen LogP contribution >= 0.6 is 35.3 Å². The average molecular weight is 520 g/mol. The number of nitrogens with zero attached hydrogens (tertiary/aromatic N) is 2. The van der Waals surface area contributed by atoms with Crippen molar-refractivity contribution < 1.29 is 14.2 Å². The van der Waals surface area contributed by atoms with Crippen LogP contribution in [0.2, 0.25) is 0 Å². The van der Waals surface area contributed by atoms with E-state index >= 15 is 0 Å². The van der Waals surface area contributed by atoms with Crippen LogP contribution in [0.4, 0.5) is 0 Å². The molecule has 0 bridgehead atoms. The Morgan fingerprint density at radius 2 is 1.86 bits per heavy atom. The number of thiazole rings is 1. The average Bonchev–Trinajstić information content (AvgIpc) is 3.10. The molecule has 0 aliphatic heterocycles. The summed E-state index contributed by atoms with van der Waals surface area (Å²) in [6, 6.07) is 3.79. The molecular weight excluding hydrogens is 491 g/mol. The fraction of sp³-hybridized carbons (Fsp3) is 0.474. The van der Waals surface area contributed by atoms with E-state index in [1.54, 1.807) is 32.7 Å². The van der Waals surface area contributed by atoms with Gasteiger partial charge in [-0.2, -0.15) is 0 Å². The quantitative estimate of drug-likeness (QED) is 0.300. The van der Waals surface area contributed by atoms with E-state index in [0.717, 1.165) is 36.0 Å². The van der Waals surface area contributed by atoms with Crippen molar-refractivity contribution in [2.45, 2.75) is 26.8 Å². The van der Waals surface area contributed by atoms with Crippen molar-refractivity contribution >= 4 is 41.3 Å². The van der Waals surface area contributed by atoms with Gasteiger partial charge in [0.05, 0.1) is 32.9 Å². The smallest absolute Gasteiger partial charge is 0.203 e. The van der Waals surface area contributed by atoms with Crippen molar-refractivity contribution in [2.75, 3.05) is 34.4 Å². The summed E-state index contributed by atoms with van der Waals surface area (Å²) in [6.07, 6.45) is 2.77. The number of benzene rings is 1. The first-order chi connectivity index (χ1) is 13.1. The summed E-state index contributed by atoms with van der Waals surface area (Å²) in [7, 11) is 4.82. The molecule has 1 aromatic heterocycles. The molecule has 2 rings (SSSR count). The van der Waals surface area contributed by atoms with Gasteiger partial charge in [0, 0.05) is 36.1 Å². The zero-order valence-electron chi connectivity index (χ0n) is 17.0. The van der Waals surface area contributed by atoms with Crippen LogP contribution in [-0.4, -0.2) is 45.4 Å². The second-order valence-electron chi connectivity index (χ2n) is 5.73. The highest BCUT2D eigenvalue weighted by Crippen LogP contribution is 2.39. The molecule has 2 aromatic rings. The lowest BCUT2D eigenvalue weighted by atomic mass is 10.1. The minimum absolute atomic E-state index is 0. The minimum atomic E-state index is 0. The zero-order chi connectivity index (χ0) is 19.6. The van der Waals surface area contributed by atoms with E-state index in [1.165, 1.54) is 4.88 Å². The summed E-state index contributed by atoms with van der Waals surface area (Å²) in [5.74, 6) is 2.59. The highest BCUT2D eigenvalue weighted by molar-refractivity contribution is 14.0. The van der Waals surface area contributed by atoms with Crippen molar-refractivity contribution in [1.82, 2.24) is 15.6 Å². The number of nitrogens with one attached hydrogen (secondary N) is 2. The Morgan fingerprint density at radius 3 is 2.43 bits per heavy atom. The van der Waals surface area contributed by atoms with Crippen molar-refractivity contribution in [3.63, 3.8) is 0 Å². The maximum Gasteiger partial charge on any atom is 0.203 e. The van der Waals surface area contributed by atoms with Gasteiger partial charge in [0.2, 0.25) is 5.75 Å². The summed E-state index contributed by atoms with van der Waals surface area (Å²) >= 11 is 1.72. The third kappa shape index (κ3) is 6.69.